The van der Waals surface area contributed by atoms with Crippen molar-refractivity contribution in [3.05, 3.63) is 35.9 Å². The molecule has 0 spiro atoms. The van der Waals surface area contributed by atoms with Crippen LogP contribution in [0.1, 0.15) is 25.5 Å². The van der Waals surface area contributed by atoms with E-state index in [1.165, 1.54) is 0 Å². The summed E-state index contributed by atoms with van der Waals surface area (Å²) in [6.45, 7) is 4.12. The first-order valence-corrected chi connectivity index (χ1v) is 4.73. The molecule has 1 saturated heterocycles. The molecule has 0 aliphatic carbocycles. The molecule has 0 radical (unpaired) electrons. The third-order valence-corrected chi connectivity index (χ3v) is 1.89. The second-order valence-electron chi connectivity index (χ2n) is 2.69. The normalized spacial score (nSPS) is 24.5. The molecule has 1 aliphatic heterocycles. The summed E-state index contributed by atoms with van der Waals surface area (Å²) in [6.07, 6.45) is 0.179. The van der Waals surface area contributed by atoms with Crippen LogP contribution in [0.2, 0.25) is 0 Å². The minimum atomic E-state index is 0.0393. The van der Waals surface area contributed by atoms with Crippen LogP contribution >= 0.6 is 0 Å². The Labute approximate surface area is 79.2 Å². The zero-order valence-corrected chi connectivity index (χ0v) is 8.10. The maximum Gasteiger partial charge on any atom is 0.112 e. The highest BCUT2D eigenvalue weighted by Crippen LogP contribution is 2.37. The fourth-order valence-electron chi connectivity index (χ4n) is 1.22. The van der Waals surface area contributed by atoms with Gasteiger partial charge < -0.3 is 9.84 Å². The van der Waals surface area contributed by atoms with Crippen molar-refractivity contribution >= 4 is 0 Å². The topological polar surface area (TPSA) is 32.8 Å². The van der Waals surface area contributed by atoms with Gasteiger partial charge in [-0.2, -0.15) is 0 Å². The first-order valence-electron chi connectivity index (χ1n) is 4.73. The number of ether oxygens (including phenoxy) is 1. The van der Waals surface area contributed by atoms with Crippen molar-refractivity contribution in [1.29, 1.82) is 0 Å². The van der Waals surface area contributed by atoms with Gasteiger partial charge in [-0.25, -0.2) is 0 Å². The average molecular weight is 180 g/mol. The second-order valence-corrected chi connectivity index (χ2v) is 2.69. The van der Waals surface area contributed by atoms with Crippen LogP contribution in [0.15, 0.2) is 30.3 Å². The SMILES string of the molecule is CC.OC[C@@H]1O[C@H]1c1ccccc1. The average Bonchev–Trinajstić information content (AvgIpc) is 3.01. The Hall–Kier alpha value is -0.860. The molecular weight excluding hydrogens is 164 g/mol. The Morgan fingerprint density at radius 2 is 1.85 bits per heavy atom. The van der Waals surface area contributed by atoms with E-state index < -0.39 is 0 Å². The quantitative estimate of drug-likeness (QED) is 0.707. The lowest BCUT2D eigenvalue weighted by Crippen LogP contribution is -1.93. The maximum absolute atomic E-state index is 8.71. The molecule has 72 valence electrons. The predicted octanol–water partition coefficient (Wildman–Crippen LogP) is 2.15. The van der Waals surface area contributed by atoms with Gasteiger partial charge in [0.2, 0.25) is 0 Å². The molecule has 13 heavy (non-hydrogen) atoms. The molecule has 1 heterocycles. The van der Waals surface area contributed by atoms with Gasteiger partial charge in [-0.3, -0.25) is 0 Å². The largest absolute Gasteiger partial charge is 0.394 e. The van der Waals surface area contributed by atoms with Crippen LogP contribution < -0.4 is 0 Å². The van der Waals surface area contributed by atoms with Gasteiger partial charge in [0.15, 0.2) is 0 Å². The molecule has 2 rings (SSSR count). The van der Waals surface area contributed by atoms with Crippen molar-refractivity contribution in [3.63, 3.8) is 0 Å². The summed E-state index contributed by atoms with van der Waals surface area (Å²) in [4.78, 5) is 0. The first kappa shape index (κ1) is 10.2. The minimum absolute atomic E-state index is 0.0393. The van der Waals surface area contributed by atoms with Crippen molar-refractivity contribution in [2.24, 2.45) is 0 Å². The van der Waals surface area contributed by atoms with Gasteiger partial charge in [0.05, 0.1) is 6.61 Å². The molecule has 1 aliphatic rings. The predicted molar refractivity (Wildman–Crippen MR) is 52.5 cm³/mol. The van der Waals surface area contributed by atoms with E-state index in [1.54, 1.807) is 0 Å². The Morgan fingerprint density at radius 1 is 1.23 bits per heavy atom. The minimum Gasteiger partial charge on any atom is -0.394 e. The van der Waals surface area contributed by atoms with E-state index in [4.69, 9.17) is 9.84 Å². The summed E-state index contributed by atoms with van der Waals surface area (Å²) in [7, 11) is 0. The van der Waals surface area contributed by atoms with E-state index in [9.17, 15) is 0 Å². The van der Waals surface area contributed by atoms with E-state index in [1.807, 2.05) is 44.2 Å². The zero-order chi connectivity index (χ0) is 9.68. The Balaban J connectivity index is 0.000000396. The smallest absolute Gasteiger partial charge is 0.112 e. The monoisotopic (exact) mass is 180 g/mol. The first-order chi connectivity index (χ1) is 6.42. The van der Waals surface area contributed by atoms with E-state index in [2.05, 4.69) is 0 Å². The molecule has 0 amide bonds. The zero-order valence-electron chi connectivity index (χ0n) is 8.10. The van der Waals surface area contributed by atoms with Gasteiger partial charge in [0.25, 0.3) is 0 Å². The molecule has 1 aromatic rings. The van der Waals surface area contributed by atoms with Crippen LogP contribution in [0.4, 0.5) is 0 Å². The van der Waals surface area contributed by atoms with Crippen LogP contribution in [-0.4, -0.2) is 17.8 Å². The molecule has 0 aromatic heterocycles. The highest BCUT2D eigenvalue weighted by Gasteiger charge is 2.39. The van der Waals surface area contributed by atoms with Gasteiger partial charge in [0, 0.05) is 0 Å². The molecular formula is C11H16O2. The van der Waals surface area contributed by atoms with Gasteiger partial charge in [-0.15, -0.1) is 0 Å². The summed E-state index contributed by atoms with van der Waals surface area (Å²) in [6, 6.07) is 9.96. The second kappa shape index (κ2) is 5.00. The highest BCUT2D eigenvalue weighted by molar-refractivity contribution is 5.22. The lowest BCUT2D eigenvalue weighted by atomic mass is 10.1. The summed E-state index contributed by atoms with van der Waals surface area (Å²) < 4.78 is 5.20. The lowest BCUT2D eigenvalue weighted by molar-refractivity contribution is 0.242. The molecule has 2 heteroatoms. The number of benzene rings is 1. The third kappa shape index (κ3) is 2.54. The molecule has 0 bridgehead atoms. The molecule has 0 saturated carbocycles. The fourth-order valence-corrected chi connectivity index (χ4v) is 1.22. The Morgan fingerprint density at radius 3 is 2.31 bits per heavy atom. The van der Waals surface area contributed by atoms with Crippen LogP contribution in [-0.2, 0) is 4.74 Å². The lowest BCUT2D eigenvalue weighted by Gasteiger charge is -1.91. The summed E-state index contributed by atoms with van der Waals surface area (Å²) in [5.41, 5.74) is 1.16. The van der Waals surface area contributed by atoms with E-state index in [0.717, 1.165) is 5.56 Å². The van der Waals surface area contributed by atoms with E-state index in [0.29, 0.717) is 0 Å². The summed E-state index contributed by atoms with van der Waals surface area (Å²) >= 11 is 0. The maximum atomic E-state index is 8.71. The van der Waals surface area contributed by atoms with Gasteiger partial charge >= 0.3 is 0 Å². The van der Waals surface area contributed by atoms with Crippen LogP contribution in [0, 0.1) is 0 Å². The number of hydrogen-bond acceptors (Lipinski definition) is 2. The van der Waals surface area contributed by atoms with Crippen molar-refractivity contribution in [1.82, 2.24) is 0 Å². The number of rotatable bonds is 2. The van der Waals surface area contributed by atoms with Crippen molar-refractivity contribution in [2.75, 3.05) is 6.61 Å². The van der Waals surface area contributed by atoms with Gasteiger partial charge in [-0.1, -0.05) is 44.2 Å². The molecule has 1 aromatic carbocycles. The molecule has 2 nitrogen and oxygen atoms in total. The standard InChI is InChI=1S/C9H10O2.C2H6/c10-6-8-9(11-8)7-4-2-1-3-5-7;1-2/h1-5,8-10H,6H2;1-2H3/t8-,9-;/m0./s1. The van der Waals surface area contributed by atoms with Crippen molar-refractivity contribution in [3.8, 4) is 0 Å². The Kier molecular flexibility index (Phi) is 3.93. The van der Waals surface area contributed by atoms with Crippen LogP contribution in [0.5, 0.6) is 0 Å². The van der Waals surface area contributed by atoms with Crippen LogP contribution in [0.25, 0.3) is 0 Å². The van der Waals surface area contributed by atoms with E-state index in [-0.39, 0.29) is 18.8 Å². The fraction of sp³-hybridized carbons (Fsp3) is 0.455. The Bertz CT molecular complexity index is 233. The number of aliphatic hydroxyl groups is 1. The van der Waals surface area contributed by atoms with Crippen LogP contribution in [0.3, 0.4) is 0 Å². The summed E-state index contributed by atoms with van der Waals surface area (Å²) in [5, 5.41) is 8.71. The number of aliphatic hydroxyl groups excluding tert-OH is 1. The van der Waals surface area contributed by atoms with Gasteiger partial charge in [0.1, 0.15) is 12.2 Å². The van der Waals surface area contributed by atoms with Gasteiger partial charge in [-0.05, 0) is 5.56 Å². The third-order valence-electron chi connectivity index (χ3n) is 1.89. The number of hydrogen-bond donors (Lipinski definition) is 1. The molecule has 2 atom stereocenters. The van der Waals surface area contributed by atoms with Crippen molar-refractivity contribution < 1.29 is 9.84 Å². The molecule has 1 N–H and O–H groups in total. The number of epoxide rings is 1. The highest BCUT2D eigenvalue weighted by atomic mass is 16.6. The van der Waals surface area contributed by atoms with Crippen molar-refractivity contribution in [2.45, 2.75) is 26.1 Å². The molecule has 0 unspecified atom stereocenters. The molecule has 1 fully saturated rings. The van der Waals surface area contributed by atoms with E-state index >= 15 is 0 Å². The summed E-state index contributed by atoms with van der Waals surface area (Å²) in [5.74, 6) is 0.